The highest BCUT2D eigenvalue weighted by Crippen LogP contribution is 2.05. The van der Waals surface area contributed by atoms with Crippen LogP contribution in [-0.2, 0) is 9.59 Å². The fourth-order valence-corrected chi connectivity index (χ4v) is 1.54. The Morgan fingerprint density at radius 1 is 1.21 bits per heavy atom. The Hall–Kier alpha value is -1.79. The number of carboxylic acid groups (broad SMARTS) is 1. The Kier molecular flexibility index (Phi) is 8.32. The van der Waals surface area contributed by atoms with E-state index < -0.39 is 31.0 Å². The van der Waals surface area contributed by atoms with E-state index >= 15 is 0 Å². The van der Waals surface area contributed by atoms with Crippen LogP contribution in [0.25, 0.3) is 0 Å². The van der Waals surface area contributed by atoms with Crippen molar-refractivity contribution in [2.45, 2.75) is 33.1 Å². The van der Waals surface area contributed by atoms with Crippen LogP contribution in [0.1, 0.15) is 33.1 Å². The number of nitrogens with one attached hydrogen (secondary N) is 1. The van der Waals surface area contributed by atoms with Crippen molar-refractivity contribution in [1.29, 1.82) is 0 Å². The first kappa shape index (κ1) is 17.2. The molecule has 3 amide bonds. The third-order valence-electron chi connectivity index (χ3n) is 2.44. The van der Waals surface area contributed by atoms with Gasteiger partial charge in [-0.3, -0.25) is 9.59 Å². The highest BCUT2D eigenvalue weighted by molar-refractivity contribution is 5.85. The fraction of sp³-hybridized carbons (Fsp3) is 0.750. The second-order valence-corrected chi connectivity index (χ2v) is 4.84. The zero-order valence-corrected chi connectivity index (χ0v) is 11.5. The van der Waals surface area contributed by atoms with E-state index in [1.165, 1.54) is 0 Å². The standard InChI is InChI=1S/C12H23N3O4/c1-9(2)5-3-4-6-14-12(19)15(7-10(13)16)8-11(17)18/h9H,3-8H2,1-2H3,(H2,13,16)(H,14,19)(H,17,18). The van der Waals surface area contributed by atoms with E-state index in [1.807, 2.05) is 0 Å². The van der Waals surface area contributed by atoms with Crippen molar-refractivity contribution in [3.05, 3.63) is 0 Å². The number of urea groups is 1. The summed E-state index contributed by atoms with van der Waals surface area (Å²) in [5.41, 5.74) is 4.96. The highest BCUT2D eigenvalue weighted by atomic mass is 16.4. The Balaban J connectivity index is 4.03. The lowest BCUT2D eigenvalue weighted by molar-refractivity contribution is -0.137. The molecule has 0 saturated heterocycles. The minimum Gasteiger partial charge on any atom is -0.480 e. The number of hydrogen-bond donors (Lipinski definition) is 3. The number of carbonyl (C=O) groups excluding carboxylic acids is 2. The molecule has 0 bridgehead atoms. The topological polar surface area (TPSA) is 113 Å². The van der Waals surface area contributed by atoms with Crippen LogP contribution in [-0.4, -0.2) is 47.5 Å². The normalized spacial score (nSPS) is 10.3. The molecule has 0 aromatic rings. The zero-order valence-electron chi connectivity index (χ0n) is 11.5. The molecule has 4 N–H and O–H groups in total. The number of unbranched alkanes of at least 4 members (excludes halogenated alkanes) is 1. The average molecular weight is 273 g/mol. The van der Waals surface area contributed by atoms with Crippen LogP contribution < -0.4 is 11.1 Å². The van der Waals surface area contributed by atoms with Crippen molar-refractivity contribution < 1.29 is 19.5 Å². The van der Waals surface area contributed by atoms with Crippen molar-refractivity contribution in [2.75, 3.05) is 19.6 Å². The van der Waals surface area contributed by atoms with E-state index in [2.05, 4.69) is 19.2 Å². The van der Waals surface area contributed by atoms with Crippen molar-refractivity contribution in [1.82, 2.24) is 10.2 Å². The molecule has 19 heavy (non-hydrogen) atoms. The first-order valence-electron chi connectivity index (χ1n) is 6.35. The maximum atomic E-state index is 11.7. The van der Waals surface area contributed by atoms with Gasteiger partial charge >= 0.3 is 12.0 Å². The van der Waals surface area contributed by atoms with Crippen LogP contribution in [0.15, 0.2) is 0 Å². The van der Waals surface area contributed by atoms with Crippen molar-refractivity contribution >= 4 is 17.9 Å². The molecule has 0 aromatic heterocycles. The summed E-state index contributed by atoms with van der Waals surface area (Å²) in [6.45, 7) is 3.77. The smallest absolute Gasteiger partial charge is 0.323 e. The van der Waals surface area contributed by atoms with Gasteiger partial charge in [-0.05, 0) is 12.3 Å². The van der Waals surface area contributed by atoms with Crippen molar-refractivity contribution in [3.8, 4) is 0 Å². The maximum absolute atomic E-state index is 11.7. The Bertz CT molecular complexity index is 302. The largest absolute Gasteiger partial charge is 0.480 e. The van der Waals surface area contributed by atoms with Gasteiger partial charge in [0.15, 0.2) is 0 Å². The molecule has 0 aliphatic carbocycles. The minimum atomic E-state index is -1.18. The number of primary amides is 1. The molecule has 0 fully saturated rings. The number of rotatable bonds is 9. The molecule has 0 unspecified atom stereocenters. The fourth-order valence-electron chi connectivity index (χ4n) is 1.54. The van der Waals surface area contributed by atoms with E-state index in [-0.39, 0.29) is 0 Å². The Morgan fingerprint density at radius 3 is 2.32 bits per heavy atom. The first-order valence-corrected chi connectivity index (χ1v) is 6.35. The van der Waals surface area contributed by atoms with Crippen LogP contribution in [0.2, 0.25) is 0 Å². The van der Waals surface area contributed by atoms with Gasteiger partial charge in [-0.1, -0.05) is 26.7 Å². The van der Waals surface area contributed by atoms with Gasteiger partial charge in [0.1, 0.15) is 13.1 Å². The number of amides is 3. The number of carboxylic acids is 1. The molecular formula is C12H23N3O4. The van der Waals surface area contributed by atoms with Gasteiger partial charge in [-0.25, -0.2) is 4.79 Å². The molecule has 110 valence electrons. The molecule has 0 heterocycles. The predicted octanol–water partition coefficient (Wildman–Crippen LogP) is 0.394. The minimum absolute atomic E-state index is 0.399. The van der Waals surface area contributed by atoms with E-state index in [0.717, 1.165) is 24.2 Å². The third kappa shape index (κ3) is 9.87. The molecule has 0 aliphatic rings. The lowest BCUT2D eigenvalue weighted by Crippen LogP contribution is -2.46. The molecule has 0 radical (unpaired) electrons. The van der Waals surface area contributed by atoms with Crippen LogP contribution >= 0.6 is 0 Å². The molecule has 7 heteroatoms. The summed E-state index contributed by atoms with van der Waals surface area (Å²) >= 11 is 0. The third-order valence-corrected chi connectivity index (χ3v) is 2.44. The molecule has 0 saturated carbocycles. The maximum Gasteiger partial charge on any atom is 0.323 e. The summed E-state index contributed by atoms with van der Waals surface area (Å²) in [5.74, 6) is -1.30. The quantitative estimate of drug-likeness (QED) is 0.527. The first-order chi connectivity index (χ1) is 8.82. The van der Waals surface area contributed by atoms with Crippen LogP contribution in [0, 0.1) is 5.92 Å². The van der Waals surface area contributed by atoms with Gasteiger partial charge < -0.3 is 21.1 Å². The van der Waals surface area contributed by atoms with Gasteiger partial charge in [0.05, 0.1) is 0 Å². The van der Waals surface area contributed by atoms with Gasteiger partial charge in [0.25, 0.3) is 0 Å². The summed E-state index contributed by atoms with van der Waals surface area (Å²) in [5, 5.41) is 11.2. The van der Waals surface area contributed by atoms with Crippen molar-refractivity contribution in [2.24, 2.45) is 11.7 Å². The Labute approximate surface area is 113 Å². The van der Waals surface area contributed by atoms with Gasteiger partial charge in [0, 0.05) is 6.54 Å². The molecule has 0 aromatic carbocycles. The van der Waals surface area contributed by atoms with E-state index in [1.54, 1.807) is 0 Å². The van der Waals surface area contributed by atoms with E-state index in [0.29, 0.717) is 12.5 Å². The van der Waals surface area contributed by atoms with Crippen molar-refractivity contribution in [3.63, 3.8) is 0 Å². The molecule has 0 rings (SSSR count). The SMILES string of the molecule is CC(C)CCCCNC(=O)N(CC(N)=O)CC(=O)O. The molecule has 0 spiro atoms. The van der Waals surface area contributed by atoms with E-state index in [4.69, 9.17) is 10.8 Å². The van der Waals surface area contributed by atoms with Gasteiger partial charge in [-0.2, -0.15) is 0 Å². The molecule has 0 atom stereocenters. The van der Waals surface area contributed by atoms with E-state index in [9.17, 15) is 14.4 Å². The summed E-state index contributed by atoms with van der Waals surface area (Å²) in [7, 11) is 0. The number of nitrogens with zero attached hydrogens (tertiary/aromatic N) is 1. The summed E-state index contributed by atoms with van der Waals surface area (Å²) < 4.78 is 0. The molecular weight excluding hydrogens is 250 g/mol. The summed E-state index contributed by atoms with van der Waals surface area (Å²) in [6.07, 6.45) is 2.89. The second kappa shape index (κ2) is 9.18. The summed E-state index contributed by atoms with van der Waals surface area (Å²) in [6, 6.07) is -0.578. The van der Waals surface area contributed by atoms with Crippen LogP contribution in [0.5, 0.6) is 0 Å². The number of carbonyl (C=O) groups is 3. The predicted molar refractivity (Wildman–Crippen MR) is 70.5 cm³/mol. The molecule has 0 aliphatic heterocycles. The number of hydrogen-bond acceptors (Lipinski definition) is 3. The monoisotopic (exact) mass is 273 g/mol. The lowest BCUT2D eigenvalue weighted by Gasteiger charge is -2.19. The molecule has 7 nitrogen and oxygen atoms in total. The number of aliphatic carboxylic acids is 1. The highest BCUT2D eigenvalue weighted by Gasteiger charge is 2.18. The zero-order chi connectivity index (χ0) is 14.8. The second-order valence-electron chi connectivity index (χ2n) is 4.84. The van der Waals surface area contributed by atoms with Crippen LogP contribution in [0.4, 0.5) is 4.79 Å². The van der Waals surface area contributed by atoms with Gasteiger partial charge in [0.2, 0.25) is 5.91 Å². The lowest BCUT2D eigenvalue weighted by atomic mass is 10.1. The summed E-state index contributed by atoms with van der Waals surface area (Å²) in [4.78, 5) is 33.9. The van der Waals surface area contributed by atoms with Crippen LogP contribution in [0.3, 0.4) is 0 Å². The van der Waals surface area contributed by atoms with Gasteiger partial charge in [-0.15, -0.1) is 0 Å². The number of nitrogens with two attached hydrogens (primary N) is 1. The Morgan fingerprint density at radius 2 is 1.84 bits per heavy atom. The average Bonchev–Trinajstić information content (AvgIpc) is 2.25.